The van der Waals surface area contributed by atoms with Gasteiger partial charge in [-0.1, -0.05) is 72.0 Å². The average Bonchev–Trinajstić information content (AvgIpc) is 3.14. The second-order valence-corrected chi connectivity index (χ2v) is 9.80. The van der Waals surface area contributed by atoms with Crippen LogP contribution in [0.3, 0.4) is 0 Å². The van der Waals surface area contributed by atoms with Gasteiger partial charge in [-0.05, 0) is 60.4 Å². The summed E-state index contributed by atoms with van der Waals surface area (Å²) >= 11 is 6.83. The molecule has 0 unspecified atom stereocenters. The summed E-state index contributed by atoms with van der Waals surface area (Å²) in [6.07, 6.45) is 2.52. The molecule has 1 amide bonds. The van der Waals surface area contributed by atoms with Gasteiger partial charge in [0.05, 0.1) is 19.1 Å². The minimum Gasteiger partial charge on any atom is -0.493 e. The molecule has 0 radical (unpaired) electrons. The fraction of sp³-hybridized carbons (Fsp3) is 0.214. The predicted octanol–water partition coefficient (Wildman–Crippen LogP) is 6.04. The summed E-state index contributed by atoms with van der Waals surface area (Å²) in [5.41, 5.74) is 4.26. The van der Waals surface area contributed by atoms with Crippen LogP contribution in [0.5, 0.6) is 17.2 Å². The van der Waals surface area contributed by atoms with Gasteiger partial charge < -0.3 is 14.2 Å². The predicted molar refractivity (Wildman–Crippen MR) is 145 cm³/mol. The molecule has 35 heavy (non-hydrogen) atoms. The average molecular weight is 506 g/mol. The van der Waals surface area contributed by atoms with E-state index in [0.29, 0.717) is 40.3 Å². The number of carbonyl (C=O) groups is 1. The Bertz CT molecular complexity index is 1250. The molecule has 0 aromatic heterocycles. The topological polar surface area (TPSA) is 48.0 Å². The van der Waals surface area contributed by atoms with Crippen molar-refractivity contribution in [2.75, 3.05) is 20.8 Å². The SMILES string of the molecule is COc1ccc(CCN2C(=O)/C(=C/c3cccc(OCc4ccc(C)cc4)c3)SC2=S)cc1OC. The van der Waals surface area contributed by atoms with Crippen molar-refractivity contribution in [1.82, 2.24) is 4.90 Å². The monoisotopic (exact) mass is 505 g/mol. The Hall–Kier alpha value is -3.29. The maximum Gasteiger partial charge on any atom is 0.266 e. The first-order chi connectivity index (χ1) is 17.0. The summed E-state index contributed by atoms with van der Waals surface area (Å²) in [4.78, 5) is 15.3. The van der Waals surface area contributed by atoms with Gasteiger partial charge in [0.15, 0.2) is 11.5 Å². The molecule has 7 heteroatoms. The molecule has 1 saturated heterocycles. The summed E-state index contributed by atoms with van der Waals surface area (Å²) in [6, 6.07) is 21.8. The van der Waals surface area contributed by atoms with Crippen LogP contribution in [0.25, 0.3) is 6.08 Å². The van der Waals surface area contributed by atoms with Crippen molar-refractivity contribution >= 4 is 40.3 Å². The number of carbonyl (C=O) groups excluding carboxylic acids is 1. The van der Waals surface area contributed by atoms with Crippen LogP contribution in [0.2, 0.25) is 0 Å². The fourth-order valence-electron chi connectivity index (χ4n) is 3.67. The Morgan fingerprint density at radius 1 is 0.943 bits per heavy atom. The van der Waals surface area contributed by atoms with E-state index in [0.717, 1.165) is 22.4 Å². The first-order valence-corrected chi connectivity index (χ1v) is 12.4. The third-order valence-electron chi connectivity index (χ3n) is 5.63. The van der Waals surface area contributed by atoms with Crippen molar-refractivity contribution in [3.8, 4) is 17.2 Å². The minimum absolute atomic E-state index is 0.0774. The lowest BCUT2D eigenvalue weighted by Gasteiger charge is -2.15. The second-order valence-electron chi connectivity index (χ2n) is 8.12. The number of thioether (sulfide) groups is 1. The summed E-state index contributed by atoms with van der Waals surface area (Å²) in [5, 5.41) is 0. The Kier molecular flexibility index (Phi) is 8.10. The van der Waals surface area contributed by atoms with Crippen molar-refractivity contribution in [3.05, 3.63) is 93.9 Å². The Morgan fingerprint density at radius 2 is 1.69 bits per heavy atom. The van der Waals surface area contributed by atoms with Crippen LogP contribution >= 0.6 is 24.0 Å². The fourth-order valence-corrected chi connectivity index (χ4v) is 4.97. The molecule has 4 rings (SSSR count). The number of nitrogens with zero attached hydrogens (tertiary/aromatic N) is 1. The van der Waals surface area contributed by atoms with Crippen molar-refractivity contribution in [1.29, 1.82) is 0 Å². The van der Waals surface area contributed by atoms with Crippen molar-refractivity contribution in [3.63, 3.8) is 0 Å². The zero-order valence-electron chi connectivity index (χ0n) is 19.9. The number of amides is 1. The van der Waals surface area contributed by atoms with E-state index in [1.54, 1.807) is 19.1 Å². The normalized spacial score (nSPS) is 14.5. The van der Waals surface area contributed by atoms with E-state index in [2.05, 4.69) is 31.2 Å². The van der Waals surface area contributed by atoms with E-state index >= 15 is 0 Å². The van der Waals surface area contributed by atoms with Gasteiger partial charge in [-0.2, -0.15) is 0 Å². The molecule has 3 aromatic carbocycles. The maximum atomic E-state index is 13.1. The van der Waals surface area contributed by atoms with Crippen molar-refractivity contribution < 1.29 is 19.0 Å². The summed E-state index contributed by atoms with van der Waals surface area (Å²) in [6.45, 7) is 3.05. The highest BCUT2D eigenvalue weighted by molar-refractivity contribution is 8.26. The third-order valence-corrected chi connectivity index (χ3v) is 7.01. The molecule has 180 valence electrons. The van der Waals surface area contributed by atoms with Crippen LogP contribution in [0.15, 0.2) is 71.6 Å². The number of hydrogen-bond donors (Lipinski definition) is 0. The van der Waals surface area contributed by atoms with E-state index in [4.69, 9.17) is 26.4 Å². The summed E-state index contributed by atoms with van der Waals surface area (Å²) in [7, 11) is 3.22. The van der Waals surface area contributed by atoms with E-state index in [-0.39, 0.29) is 5.91 Å². The third kappa shape index (κ3) is 6.24. The van der Waals surface area contributed by atoms with Crippen LogP contribution in [-0.2, 0) is 17.8 Å². The Balaban J connectivity index is 1.40. The molecule has 1 fully saturated rings. The van der Waals surface area contributed by atoms with Gasteiger partial charge in [0, 0.05) is 6.54 Å². The highest BCUT2D eigenvalue weighted by Crippen LogP contribution is 2.34. The second kappa shape index (κ2) is 11.4. The zero-order valence-corrected chi connectivity index (χ0v) is 21.6. The van der Waals surface area contributed by atoms with E-state index < -0.39 is 0 Å². The minimum atomic E-state index is -0.0774. The molecule has 1 heterocycles. The largest absolute Gasteiger partial charge is 0.493 e. The molecule has 0 aliphatic carbocycles. The Morgan fingerprint density at radius 3 is 2.43 bits per heavy atom. The van der Waals surface area contributed by atoms with E-state index in [9.17, 15) is 4.79 Å². The summed E-state index contributed by atoms with van der Waals surface area (Å²) < 4.78 is 17.2. The van der Waals surface area contributed by atoms with Gasteiger partial charge in [-0.25, -0.2) is 0 Å². The van der Waals surface area contributed by atoms with Gasteiger partial charge in [0.2, 0.25) is 0 Å². The molecule has 0 saturated carbocycles. The highest BCUT2D eigenvalue weighted by Gasteiger charge is 2.31. The number of benzene rings is 3. The quantitative estimate of drug-likeness (QED) is 0.261. The smallest absolute Gasteiger partial charge is 0.266 e. The van der Waals surface area contributed by atoms with Crippen molar-refractivity contribution in [2.45, 2.75) is 20.0 Å². The van der Waals surface area contributed by atoms with Crippen LogP contribution in [0.4, 0.5) is 0 Å². The highest BCUT2D eigenvalue weighted by atomic mass is 32.2. The molecule has 0 atom stereocenters. The van der Waals surface area contributed by atoms with Gasteiger partial charge >= 0.3 is 0 Å². The van der Waals surface area contributed by atoms with Gasteiger partial charge in [0.25, 0.3) is 5.91 Å². The van der Waals surface area contributed by atoms with E-state index in [1.807, 2.05) is 48.5 Å². The summed E-state index contributed by atoms with van der Waals surface area (Å²) in [5.74, 6) is 2.02. The number of methoxy groups -OCH3 is 2. The van der Waals surface area contributed by atoms with Gasteiger partial charge in [0.1, 0.15) is 16.7 Å². The van der Waals surface area contributed by atoms with E-state index in [1.165, 1.54) is 17.3 Å². The Labute approximate surface area is 215 Å². The van der Waals surface area contributed by atoms with Gasteiger partial charge in [-0.15, -0.1) is 0 Å². The first-order valence-electron chi connectivity index (χ1n) is 11.2. The van der Waals surface area contributed by atoms with Crippen LogP contribution in [0.1, 0.15) is 22.3 Å². The number of ether oxygens (including phenoxy) is 3. The number of thiocarbonyl (C=S) groups is 1. The standard InChI is InChI=1S/C28H27NO4S2/c1-19-7-9-21(10-8-19)18-33-23-6-4-5-22(15-23)17-26-27(30)29(28(34)35-26)14-13-20-11-12-24(31-2)25(16-20)32-3/h4-12,15-17H,13-14,18H2,1-3H3/b26-17-. The molecular weight excluding hydrogens is 478 g/mol. The van der Waals surface area contributed by atoms with Crippen LogP contribution < -0.4 is 14.2 Å². The molecule has 5 nitrogen and oxygen atoms in total. The number of rotatable bonds is 9. The van der Waals surface area contributed by atoms with Gasteiger partial charge in [-0.3, -0.25) is 9.69 Å². The number of aryl methyl sites for hydroxylation is 1. The molecule has 1 aliphatic rings. The van der Waals surface area contributed by atoms with Crippen LogP contribution in [-0.4, -0.2) is 35.9 Å². The molecular formula is C28H27NO4S2. The lowest BCUT2D eigenvalue weighted by atomic mass is 10.1. The lowest BCUT2D eigenvalue weighted by molar-refractivity contribution is -0.122. The molecule has 0 N–H and O–H groups in total. The zero-order chi connectivity index (χ0) is 24.8. The molecule has 1 aliphatic heterocycles. The first kappa shape index (κ1) is 24.8. The van der Waals surface area contributed by atoms with Crippen LogP contribution in [0, 0.1) is 6.92 Å². The molecule has 0 spiro atoms. The lowest BCUT2D eigenvalue weighted by Crippen LogP contribution is -2.30. The molecule has 0 bridgehead atoms. The number of hydrogen-bond acceptors (Lipinski definition) is 6. The maximum absolute atomic E-state index is 13.1. The molecule has 3 aromatic rings. The van der Waals surface area contributed by atoms with Crippen molar-refractivity contribution in [2.24, 2.45) is 0 Å².